The Morgan fingerprint density at radius 3 is 2.47 bits per heavy atom. The second-order valence-electron chi connectivity index (χ2n) is 9.76. The number of fused-ring (bicyclic) bond motifs is 1. The number of amides is 1. The molecule has 6 nitrogen and oxygen atoms in total. The van der Waals surface area contributed by atoms with E-state index < -0.39 is 17.5 Å². The van der Waals surface area contributed by atoms with Gasteiger partial charge in [0.1, 0.15) is 17.1 Å². The molecule has 0 N–H and O–H groups in total. The van der Waals surface area contributed by atoms with E-state index in [1.54, 1.807) is 29.4 Å². The Hall–Kier alpha value is -3.71. The summed E-state index contributed by atoms with van der Waals surface area (Å²) in [5.41, 5.74) is 3.53. The van der Waals surface area contributed by atoms with Crippen molar-refractivity contribution in [2.75, 3.05) is 6.54 Å². The first-order chi connectivity index (χ1) is 17.2. The maximum Gasteiger partial charge on any atom is 0.410 e. The van der Waals surface area contributed by atoms with Gasteiger partial charge in [0.2, 0.25) is 0 Å². The Balaban J connectivity index is 1.73. The van der Waals surface area contributed by atoms with Crippen LogP contribution < -0.4 is 0 Å². The van der Waals surface area contributed by atoms with Crippen LogP contribution in [-0.4, -0.2) is 37.9 Å². The molecule has 1 amide bonds. The minimum Gasteiger partial charge on any atom is -0.444 e. The maximum absolute atomic E-state index is 15.2. The number of carbonyl (C=O) groups excluding carboxylic acids is 1. The zero-order valence-corrected chi connectivity index (χ0v) is 21.0. The van der Waals surface area contributed by atoms with Crippen molar-refractivity contribution in [3.05, 3.63) is 95.2 Å². The first kappa shape index (κ1) is 24.0. The van der Waals surface area contributed by atoms with Gasteiger partial charge in [0.05, 0.1) is 24.8 Å². The first-order valence-corrected chi connectivity index (χ1v) is 12.1. The van der Waals surface area contributed by atoms with Crippen molar-refractivity contribution in [3.8, 4) is 22.4 Å². The van der Waals surface area contributed by atoms with Gasteiger partial charge < -0.3 is 4.74 Å². The van der Waals surface area contributed by atoms with Crippen LogP contribution in [0.25, 0.3) is 22.4 Å². The largest absolute Gasteiger partial charge is 0.444 e. The highest BCUT2D eigenvalue weighted by Gasteiger charge is 2.36. The van der Waals surface area contributed by atoms with Gasteiger partial charge >= 0.3 is 6.09 Å². The van der Waals surface area contributed by atoms with Crippen LogP contribution in [-0.2, 0) is 11.3 Å². The minimum atomic E-state index is -0.636. The molecule has 1 aliphatic rings. The molecule has 3 heterocycles. The topological polar surface area (TPSA) is 60.2 Å². The summed E-state index contributed by atoms with van der Waals surface area (Å²) < 4.78 is 22.8. The normalized spacial score (nSPS) is 15.5. The van der Waals surface area contributed by atoms with Gasteiger partial charge in [0, 0.05) is 28.5 Å². The van der Waals surface area contributed by atoms with Crippen molar-refractivity contribution in [1.29, 1.82) is 0 Å². The lowest BCUT2D eigenvalue weighted by molar-refractivity contribution is 0.0176. The molecule has 36 heavy (non-hydrogen) atoms. The van der Waals surface area contributed by atoms with E-state index in [9.17, 15) is 4.79 Å². The Labute approximate surface area is 214 Å². The zero-order valence-electron chi connectivity index (χ0n) is 20.3. The summed E-state index contributed by atoms with van der Waals surface area (Å²) in [6.45, 7) is 6.16. The van der Waals surface area contributed by atoms with Gasteiger partial charge in [0.25, 0.3) is 0 Å². The minimum absolute atomic E-state index is 0.262. The van der Waals surface area contributed by atoms with E-state index in [1.165, 1.54) is 6.07 Å². The number of pyridine rings is 1. The van der Waals surface area contributed by atoms with Crippen molar-refractivity contribution >= 4 is 17.7 Å². The summed E-state index contributed by atoms with van der Waals surface area (Å²) in [6.07, 6.45) is 2.96. The fourth-order valence-electron chi connectivity index (χ4n) is 4.49. The summed E-state index contributed by atoms with van der Waals surface area (Å²) >= 11 is 6.04. The molecule has 0 bridgehead atoms. The van der Waals surface area contributed by atoms with E-state index in [0.29, 0.717) is 22.8 Å². The number of rotatable bonds is 3. The molecule has 2 aromatic carbocycles. The van der Waals surface area contributed by atoms with Crippen LogP contribution in [0.1, 0.15) is 38.1 Å². The van der Waals surface area contributed by atoms with Crippen LogP contribution in [0.5, 0.6) is 0 Å². The summed E-state index contributed by atoms with van der Waals surface area (Å²) in [7, 11) is 0. The third-order valence-electron chi connectivity index (χ3n) is 6.03. The SMILES string of the molecule is CC(C)(C)OC(=O)N1Cc2c(-c3ccncc3)c(-c3ccc(Cl)cc3F)nn2C(c2ccccc2)C1. The van der Waals surface area contributed by atoms with Crippen LogP contribution in [0, 0.1) is 5.82 Å². The van der Waals surface area contributed by atoms with Gasteiger partial charge in [-0.15, -0.1) is 0 Å². The molecule has 0 saturated carbocycles. The monoisotopic (exact) mass is 504 g/mol. The average Bonchev–Trinajstić information content (AvgIpc) is 3.22. The highest BCUT2D eigenvalue weighted by atomic mass is 35.5. The van der Waals surface area contributed by atoms with Crippen LogP contribution in [0.2, 0.25) is 5.02 Å². The van der Waals surface area contributed by atoms with E-state index in [2.05, 4.69) is 4.98 Å². The highest BCUT2D eigenvalue weighted by Crippen LogP contribution is 2.41. The Kier molecular flexibility index (Phi) is 6.26. The molecule has 5 rings (SSSR count). The Morgan fingerprint density at radius 2 is 1.81 bits per heavy atom. The van der Waals surface area contributed by atoms with Crippen molar-refractivity contribution in [2.24, 2.45) is 0 Å². The number of nitrogens with zero attached hydrogens (tertiary/aromatic N) is 4. The molecule has 4 aromatic rings. The molecule has 2 aromatic heterocycles. The number of aromatic nitrogens is 3. The summed E-state index contributed by atoms with van der Waals surface area (Å²) in [5, 5.41) is 5.26. The van der Waals surface area contributed by atoms with Gasteiger partial charge in [-0.3, -0.25) is 14.6 Å². The third kappa shape index (κ3) is 4.71. The molecule has 0 spiro atoms. The smallest absolute Gasteiger partial charge is 0.410 e. The van der Waals surface area contributed by atoms with Gasteiger partial charge in [-0.1, -0.05) is 41.9 Å². The molecule has 1 atom stereocenters. The molecule has 8 heteroatoms. The molecule has 0 fully saturated rings. The number of hydrogen-bond donors (Lipinski definition) is 0. The van der Waals surface area contributed by atoms with E-state index in [0.717, 1.165) is 22.4 Å². The second kappa shape index (κ2) is 9.39. The molecule has 1 unspecified atom stereocenters. The summed E-state index contributed by atoms with van der Waals surface area (Å²) in [4.78, 5) is 19.0. The lowest BCUT2D eigenvalue weighted by atomic mass is 9.97. The van der Waals surface area contributed by atoms with Crippen LogP contribution in [0.15, 0.2) is 73.1 Å². The van der Waals surface area contributed by atoms with Crippen LogP contribution >= 0.6 is 11.6 Å². The molecule has 184 valence electrons. The maximum atomic E-state index is 15.2. The third-order valence-corrected chi connectivity index (χ3v) is 6.27. The highest BCUT2D eigenvalue weighted by molar-refractivity contribution is 6.30. The van der Waals surface area contributed by atoms with Crippen LogP contribution in [0.3, 0.4) is 0 Å². The van der Waals surface area contributed by atoms with Gasteiger partial charge in [-0.25, -0.2) is 9.18 Å². The van der Waals surface area contributed by atoms with E-state index >= 15 is 4.39 Å². The number of ether oxygens (including phenoxy) is 1. The summed E-state index contributed by atoms with van der Waals surface area (Å²) in [6, 6.07) is 17.9. The first-order valence-electron chi connectivity index (χ1n) is 11.7. The Morgan fingerprint density at radius 1 is 1.08 bits per heavy atom. The van der Waals surface area contributed by atoms with Gasteiger partial charge in [0.15, 0.2) is 0 Å². The number of hydrogen-bond acceptors (Lipinski definition) is 4. The molecule has 0 saturated heterocycles. The quantitative estimate of drug-likeness (QED) is 0.310. The van der Waals surface area contributed by atoms with Crippen molar-refractivity contribution in [3.63, 3.8) is 0 Å². The van der Waals surface area contributed by atoms with Crippen molar-refractivity contribution in [1.82, 2.24) is 19.7 Å². The molecular weight excluding hydrogens is 479 g/mol. The number of halogens is 2. The zero-order chi connectivity index (χ0) is 25.4. The van der Waals surface area contributed by atoms with Gasteiger partial charge in [-0.05, 0) is 62.2 Å². The number of carbonyl (C=O) groups is 1. The predicted molar refractivity (Wildman–Crippen MR) is 137 cm³/mol. The lowest BCUT2D eigenvalue weighted by Gasteiger charge is -2.35. The average molecular weight is 505 g/mol. The fourth-order valence-corrected chi connectivity index (χ4v) is 4.65. The van der Waals surface area contributed by atoms with Crippen molar-refractivity contribution < 1.29 is 13.9 Å². The molecule has 0 aliphatic carbocycles. The van der Waals surface area contributed by atoms with Crippen molar-refractivity contribution in [2.45, 2.75) is 39.0 Å². The standard InChI is InChI=1S/C28H26ClFN4O2/c1-28(2,3)36-27(35)33-16-23(18-7-5-4-6-8-18)34-24(17-33)25(19-11-13-31-14-12-19)26(32-34)21-10-9-20(29)15-22(21)30/h4-15,23H,16-17H2,1-3H3. The van der Waals surface area contributed by atoms with E-state index in [4.69, 9.17) is 21.4 Å². The second-order valence-corrected chi connectivity index (χ2v) is 10.2. The lowest BCUT2D eigenvalue weighted by Crippen LogP contribution is -2.44. The molecular formula is C28H26ClFN4O2. The number of benzene rings is 2. The Bertz CT molecular complexity index is 1400. The van der Waals surface area contributed by atoms with Gasteiger partial charge in [-0.2, -0.15) is 5.10 Å². The molecule has 1 aliphatic heterocycles. The van der Waals surface area contributed by atoms with E-state index in [-0.39, 0.29) is 12.6 Å². The molecule has 0 radical (unpaired) electrons. The predicted octanol–water partition coefficient (Wildman–Crippen LogP) is 6.74. The fraction of sp³-hybridized carbons (Fsp3) is 0.250. The summed E-state index contributed by atoms with van der Waals surface area (Å²) in [5.74, 6) is -0.464. The van der Waals surface area contributed by atoms with Crippen LogP contribution in [0.4, 0.5) is 9.18 Å². The van der Waals surface area contributed by atoms with E-state index in [1.807, 2.05) is 67.9 Å².